The van der Waals surface area contributed by atoms with E-state index in [1.165, 1.54) is 5.56 Å². The van der Waals surface area contributed by atoms with Gasteiger partial charge in [0, 0.05) is 36.3 Å². The van der Waals surface area contributed by atoms with Crippen molar-refractivity contribution < 1.29 is 9.59 Å². The number of nitrogens with zero attached hydrogens (tertiary/aromatic N) is 1. The second kappa shape index (κ2) is 7.43. The number of anilines is 1. The molecule has 3 amide bonds. The second-order valence-corrected chi connectivity index (χ2v) is 7.53. The van der Waals surface area contributed by atoms with Crippen LogP contribution >= 0.6 is 0 Å². The highest BCUT2D eigenvalue weighted by atomic mass is 16.2. The Labute approximate surface area is 159 Å². The number of amides is 3. The van der Waals surface area contributed by atoms with Gasteiger partial charge >= 0.3 is 6.03 Å². The number of carbonyl (C=O) groups excluding carboxylic acids is 2. The highest BCUT2D eigenvalue weighted by molar-refractivity contribution is 5.97. The molecular weight excluding hydrogens is 338 g/mol. The summed E-state index contributed by atoms with van der Waals surface area (Å²) in [5.74, 6) is 0.0394. The van der Waals surface area contributed by atoms with E-state index in [1.807, 2.05) is 35.2 Å². The second-order valence-electron chi connectivity index (χ2n) is 7.53. The summed E-state index contributed by atoms with van der Waals surface area (Å²) in [6.07, 6.45) is 4.32. The van der Waals surface area contributed by atoms with Gasteiger partial charge in [0.1, 0.15) is 0 Å². The monoisotopic (exact) mass is 363 g/mol. The van der Waals surface area contributed by atoms with E-state index in [9.17, 15) is 9.59 Å². The van der Waals surface area contributed by atoms with Crippen LogP contribution in [0, 0.1) is 0 Å². The molecule has 5 nitrogen and oxygen atoms in total. The standard InChI is InChI=1S/C22H25N3O2/c26-20(25-13-4-5-14-25)17-7-6-10-19(15-17)24-21(27)23-16-22(11-12-22)18-8-2-1-3-9-18/h1-3,6-10,15H,4-5,11-14,16H2,(H2,23,24,27). The molecule has 2 aromatic rings. The predicted octanol–water partition coefficient (Wildman–Crippen LogP) is 3.78. The molecule has 0 bridgehead atoms. The molecule has 2 aliphatic rings. The number of hydrogen-bond donors (Lipinski definition) is 2. The van der Waals surface area contributed by atoms with Crippen molar-refractivity contribution in [2.24, 2.45) is 0 Å². The van der Waals surface area contributed by atoms with E-state index in [4.69, 9.17) is 0 Å². The Bertz CT molecular complexity index is 824. The van der Waals surface area contributed by atoms with Gasteiger partial charge in [-0.15, -0.1) is 0 Å². The zero-order valence-corrected chi connectivity index (χ0v) is 15.4. The van der Waals surface area contributed by atoms with Gasteiger partial charge in [0.15, 0.2) is 0 Å². The summed E-state index contributed by atoms with van der Waals surface area (Å²) in [6, 6.07) is 17.3. The molecular formula is C22H25N3O2. The van der Waals surface area contributed by atoms with Crippen molar-refractivity contribution in [2.75, 3.05) is 25.0 Å². The van der Waals surface area contributed by atoms with Crippen molar-refractivity contribution in [1.29, 1.82) is 0 Å². The summed E-state index contributed by atoms with van der Waals surface area (Å²) in [5, 5.41) is 5.85. The molecule has 1 heterocycles. The molecule has 27 heavy (non-hydrogen) atoms. The van der Waals surface area contributed by atoms with Crippen molar-refractivity contribution in [3.05, 3.63) is 65.7 Å². The van der Waals surface area contributed by atoms with Crippen LogP contribution in [-0.4, -0.2) is 36.5 Å². The van der Waals surface area contributed by atoms with Crippen molar-refractivity contribution in [3.63, 3.8) is 0 Å². The van der Waals surface area contributed by atoms with Crippen LogP contribution in [0.4, 0.5) is 10.5 Å². The Morgan fingerprint density at radius 3 is 2.41 bits per heavy atom. The Kier molecular flexibility index (Phi) is 4.84. The maximum atomic E-state index is 12.5. The number of nitrogens with one attached hydrogen (secondary N) is 2. The molecule has 0 unspecified atom stereocenters. The Balaban J connectivity index is 1.35. The third-order valence-corrected chi connectivity index (χ3v) is 5.59. The lowest BCUT2D eigenvalue weighted by molar-refractivity contribution is 0.0793. The highest BCUT2D eigenvalue weighted by Gasteiger charge is 2.44. The van der Waals surface area contributed by atoms with E-state index >= 15 is 0 Å². The minimum absolute atomic E-state index is 0.0394. The minimum Gasteiger partial charge on any atom is -0.339 e. The molecule has 0 atom stereocenters. The van der Waals surface area contributed by atoms with Crippen LogP contribution in [0.5, 0.6) is 0 Å². The zero-order valence-electron chi connectivity index (χ0n) is 15.4. The first-order valence-corrected chi connectivity index (χ1v) is 9.66. The Hall–Kier alpha value is -2.82. The third kappa shape index (κ3) is 3.97. The maximum Gasteiger partial charge on any atom is 0.319 e. The Morgan fingerprint density at radius 2 is 1.70 bits per heavy atom. The summed E-state index contributed by atoms with van der Waals surface area (Å²) in [4.78, 5) is 26.7. The number of urea groups is 1. The zero-order chi connectivity index (χ0) is 18.7. The lowest BCUT2D eigenvalue weighted by atomic mass is 9.96. The SMILES string of the molecule is O=C(NCC1(c2ccccc2)CC1)Nc1cccc(C(=O)N2CCCC2)c1. The molecule has 1 saturated heterocycles. The van der Waals surface area contributed by atoms with Crippen LogP contribution in [0.15, 0.2) is 54.6 Å². The summed E-state index contributed by atoms with van der Waals surface area (Å²) in [6.45, 7) is 2.26. The van der Waals surface area contributed by atoms with Crippen LogP contribution in [0.1, 0.15) is 41.6 Å². The smallest absolute Gasteiger partial charge is 0.319 e. The van der Waals surface area contributed by atoms with Crippen molar-refractivity contribution in [2.45, 2.75) is 31.1 Å². The molecule has 0 aromatic heterocycles. The topological polar surface area (TPSA) is 61.4 Å². The van der Waals surface area contributed by atoms with Crippen molar-refractivity contribution >= 4 is 17.6 Å². The van der Waals surface area contributed by atoms with E-state index in [2.05, 4.69) is 22.8 Å². The lowest BCUT2D eigenvalue weighted by Crippen LogP contribution is -2.35. The quantitative estimate of drug-likeness (QED) is 0.849. The van der Waals surface area contributed by atoms with Crippen LogP contribution in [0.25, 0.3) is 0 Å². The van der Waals surface area contributed by atoms with Gasteiger partial charge in [0.05, 0.1) is 0 Å². The average molecular weight is 363 g/mol. The average Bonchev–Trinajstić information content (AvgIpc) is 3.30. The van der Waals surface area contributed by atoms with Gasteiger partial charge in [0.2, 0.25) is 0 Å². The largest absolute Gasteiger partial charge is 0.339 e. The van der Waals surface area contributed by atoms with E-state index in [0.717, 1.165) is 38.8 Å². The number of likely N-dealkylation sites (tertiary alicyclic amines) is 1. The van der Waals surface area contributed by atoms with Crippen LogP contribution in [0.3, 0.4) is 0 Å². The first-order chi connectivity index (χ1) is 13.2. The Morgan fingerprint density at radius 1 is 0.963 bits per heavy atom. The van der Waals surface area contributed by atoms with Crippen LogP contribution in [0.2, 0.25) is 0 Å². The fourth-order valence-electron chi connectivity index (χ4n) is 3.77. The lowest BCUT2D eigenvalue weighted by Gasteiger charge is -2.18. The summed E-state index contributed by atoms with van der Waals surface area (Å²) in [5.41, 5.74) is 2.62. The van der Waals surface area contributed by atoms with Gasteiger partial charge in [-0.25, -0.2) is 4.79 Å². The third-order valence-electron chi connectivity index (χ3n) is 5.59. The fourth-order valence-corrected chi connectivity index (χ4v) is 3.77. The van der Waals surface area contributed by atoms with Gasteiger partial charge in [-0.1, -0.05) is 36.4 Å². The predicted molar refractivity (Wildman–Crippen MR) is 106 cm³/mol. The molecule has 2 fully saturated rings. The first kappa shape index (κ1) is 17.6. The summed E-state index contributed by atoms with van der Waals surface area (Å²) in [7, 11) is 0. The fraction of sp³-hybridized carbons (Fsp3) is 0.364. The highest BCUT2D eigenvalue weighted by Crippen LogP contribution is 2.47. The molecule has 1 aliphatic carbocycles. The first-order valence-electron chi connectivity index (χ1n) is 9.66. The normalized spacial score (nSPS) is 17.4. The molecule has 1 aliphatic heterocycles. The van der Waals surface area contributed by atoms with E-state index in [-0.39, 0.29) is 17.4 Å². The number of hydrogen-bond acceptors (Lipinski definition) is 2. The van der Waals surface area contributed by atoms with Gasteiger partial charge in [0.25, 0.3) is 5.91 Å². The summed E-state index contributed by atoms with van der Waals surface area (Å²) >= 11 is 0. The molecule has 5 heteroatoms. The van der Waals surface area contributed by atoms with E-state index in [0.29, 0.717) is 17.8 Å². The van der Waals surface area contributed by atoms with E-state index < -0.39 is 0 Å². The molecule has 4 rings (SSSR count). The number of carbonyl (C=O) groups is 2. The van der Waals surface area contributed by atoms with Gasteiger partial charge in [-0.05, 0) is 49.4 Å². The summed E-state index contributed by atoms with van der Waals surface area (Å²) < 4.78 is 0. The van der Waals surface area contributed by atoms with Gasteiger partial charge in [-0.2, -0.15) is 0 Å². The minimum atomic E-state index is -0.233. The van der Waals surface area contributed by atoms with Crippen LogP contribution in [-0.2, 0) is 5.41 Å². The maximum absolute atomic E-state index is 12.5. The molecule has 0 spiro atoms. The molecule has 140 valence electrons. The van der Waals surface area contributed by atoms with Gasteiger partial charge in [-0.3, -0.25) is 4.79 Å². The molecule has 2 aromatic carbocycles. The molecule has 2 N–H and O–H groups in total. The van der Waals surface area contributed by atoms with Crippen molar-refractivity contribution in [1.82, 2.24) is 10.2 Å². The van der Waals surface area contributed by atoms with Crippen molar-refractivity contribution in [3.8, 4) is 0 Å². The molecule has 1 saturated carbocycles. The van der Waals surface area contributed by atoms with E-state index in [1.54, 1.807) is 12.1 Å². The number of rotatable bonds is 5. The van der Waals surface area contributed by atoms with Crippen LogP contribution < -0.4 is 10.6 Å². The van der Waals surface area contributed by atoms with Gasteiger partial charge < -0.3 is 15.5 Å². The molecule has 0 radical (unpaired) electrons. The number of benzene rings is 2.